The van der Waals surface area contributed by atoms with Crippen molar-refractivity contribution in [1.82, 2.24) is 4.90 Å². The second-order valence-electron chi connectivity index (χ2n) is 8.68. The summed E-state index contributed by atoms with van der Waals surface area (Å²) in [5, 5.41) is 0.664. The van der Waals surface area contributed by atoms with Crippen LogP contribution in [0.25, 0.3) is 0 Å². The van der Waals surface area contributed by atoms with Crippen molar-refractivity contribution in [2.75, 3.05) is 24.9 Å². The van der Waals surface area contributed by atoms with Crippen molar-refractivity contribution < 1.29 is 17.9 Å². The molecule has 1 fully saturated rings. The van der Waals surface area contributed by atoms with E-state index >= 15 is 0 Å². The molecule has 0 radical (unpaired) electrons. The maximum Gasteiger partial charge on any atom is 0.263 e. The first-order valence-electron chi connectivity index (χ1n) is 11.4. The lowest BCUT2D eigenvalue weighted by Gasteiger charge is -2.33. The summed E-state index contributed by atoms with van der Waals surface area (Å²) in [5.74, 6) is 1.03. The topological polar surface area (TPSA) is 75.7 Å². The molecule has 1 aliphatic heterocycles. The average molecular weight is 657 g/mol. The molecule has 0 saturated carbocycles. The Labute approximate surface area is 233 Å². The number of halogens is 3. The molecule has 1 heterocycles. The molecule has 1 N–H and O–H groups in total. The monoisotopic (exact) mass is 654 g/mol. The van der Waals surface area contributed by atoms with Crippen LogP contribution in [0.2, 0.25) is 5.02 Å². The van der Waals surface area contributed by atoms with Crippen LogP contribution in [0.4, 0.5) is 5.69 Å². The summed E-state index contributed by atoms with van der Waals surface area (Å²) >= 11 is 12.8. The van der Waals surface area contributed by atoms with Crippen LogP contribution < -0.4 is 9.46 Å². The first kappa shape index (κ1) is 27.0. The highest BCUT2D eigenvalue weighted by molar-refractivity contribution is 9.11. The highest BCUT2D eigenvalue weighted by Crippen LogP contribution is 2.30. The quantitative estimate of drug-likeness (QED) is 0.305. The van der Waals surface area contributed by atoms with Gasteiger partial charge in [0, 0.05) is 38.3 Å². The Morgan fingerprint density at radius 3 is 2.58 bits per heavy atom. The van der Waals surface area contributed by atoms with E-state index in [9.17, 15) is 13.2 Å². The van der Waals surface area contributed by atoms with Crippen LogP contribution in [0.15, 0.2) is 74.5 Å². The molecule has 0 aliphatic carbocycles. The van der Waals surface area contributed by atoms with Crippen LogP contribution in [0.1, 0.15) is 28.8 Å². The van der Waals surface area contributed by atoms with Gasteiger partial charge in [-0.2, -0.15) is 0 Å². The first-order chi connectivity index (χ1) is 17.2. The van der Waals surface area contributed by atoms with Crippen molar-refractivity contribution in [2.24, 2.45) is 5.92 Å². The van der Waals surface area contributed by atoms with Gasteiger partial charge in [-0.15, -0.1) is 0 Å². The molecule has 1 atom stereocenters. The van der Waals surface area contributed by atoms with Crippen molar-refractivity contribution >= 4 is 65.1 Å². The zero-order chi connectivity index (χ0) is 25.9. The van der Waals surface area contributed by atoms with Gasteiger partial charge in [0.05, 0.1) is 7.11 Å². The van der Waals surface area contributed by atoms with Crippen LogP contribution in [0, 0.1) is 5.92 Å². The van der Waals surface area contributed by atoms with Gasteiger partial charge >= 0.3 is 0 Å². The van der Waals surface area contributed by atoms with Crippen LogP contribution in [-0.2, 0) is 16.4 Å². The molecule has 36 heavy (non-hydrogen) atoms. The number of hydrogen-bond donors (Lipinski definition) is 1. The summed E-state index contributed by atoms with van der Waals surface area (Å²) in [7, 11) is -2.16. The number of ether oxygens (including phenoxy) is 1. The maximum atomic E-state index is 13.2. The van der Waals surface area contributed by atoms with Gasteiger partial charge in [0.25, 0.3) is 15.9 Å². The molecule has 0 spiro atoms. The van der Waals surface area contributed by atoms with E-state index in [-0.39, 0.29) is 10.8 Å². The maximum absolute atomic E-state index is 13.2. The molecular formula is C26H25Br2ClN2O4S. The zero-order valence-electron chi connectivity index (χ0n) is 19.5. The fourth-order valence-corrected chi connectivity index (χ4v) is 7.15. The zero-order valence-corrected chi connectivity index (χ0v) is 24.3. The number of amides is 1. The van der Waals surface area contributed by atoms with Gasteiger partial charge in [0.2, 0.25) is 0 Å². The molecular weight excluding hydrogens is 632 g/mol. The van der Waals surface area contributed by atoms with Gasteiger partial charge in [-0.3, -0.25) is 9.52 Å². The van der Waals surface area contributed by atoms with Crippen LogP contribution in [0.5, 0.6) is 5.75 Å². The standard InChI is InChI=1S/C26H25Br2ClN2O4S/c1-35-24-11-7-21(29)14-19(24)13-17-3-2-12-31(16-17)26(32)18-4-8-22(9-5-18)30-36(33,34)25-15-20(27)6-10-23(25)28/h4-11,14-15,17,30H,2-3,12-13,16H2,1H3. The Morgan fingerprint density at radius 2 is 1.86 bits per heavy atom. The van der Waals surface area contributed by atoms with E-state index in [1.807, 2.05) is 23.1 Å². The number of benzene rings is 3. The van der Waals surface area contributed by atoms with Gasteiger partial charge in [0.15, 0.2) is 0 Å². The Hall–Kier alpha value is -2.07. The molecule has 1 amide bonds. The number of carbonyl (C=O) groups is 1. The molecule has 1 saturated heterocycles. The number of rotatable bonds is 7. The number of anilines is 1. The molecule has 10 heteroatoms. The fraction of sp³-hybridized carbons (Fsp3) is 0.269. The van der Waals surface area contributed by atoms with Gasteiger partial charge in [-0.25, -0.2) is 8.42 Å². The summed E-state index contributed by atoms with van der Waals surface area (Å²) in [6, 6.07) is 17.1. The average Bonchev–Trinajstić information content (AvgIpc) is 2.85. The number of nitrogens with zero attached hydrogens (tertiary/aromatic N) is 1. The van der Waals surface area contributed by atoms with Gasteiger partial charge in [-0.05, 0) is 107 Å². The minimum atomic E-state index is -3.81. The van der Waals surface area contributed by atoms with E-state index in [2.05, 4.69) is 36.6 Å². The van der Waals surface area contributed by atoms with Crippen LogP contribution in [-0.4, -0.2) is 39.4 Å². The van der Waals surface area contributed by atoms with E-state index in [1.54, 1.807) is 43.5 Å². The molecule has 6 nitrogen and oxygen atoms in total. The normalized spacial score (nSPS) is 16.0. The molecule has 1 unspecified atom stereocenters. The number of likely N-dealkylation sites (tertiary alicyclic amines) is 1. The SMILES string of the molecule is COc1ccc(Cl)cc1CC1CCCN(C(=O)c2ccc(NS(=O)(=O)c3cc(Br)ccc3Br)cc2)C1. The minimum Gasteiger partial charge on any atom is -0.496 e. The summed E-state index contributed by atoms with van der Waals surface area (Å²) in [6.45, 7) is 1.33. The number of sulfonamides is 1. The number of piperidine rings is 1. The Balaban J connectivity index is 1.43. The lowest BCUT2D eigenvalue weighted by Crippen LogP contribution is -2.40. The number of carbonyl (C=O) groups excluding carboxylic acids is 1. The molecule has 3 aromatic rings. The Morgan fingerprint density at radius 1 is 1.11 bits per heavy atom. The number of hydrogen-bond acceptors (Lipinski definition) is 4. The number of methoxy groups -OCH3 is 1. The third kappa shape index (κ3) is 6.43. The Kier molecular flexibility index (Phi) is 8.65. The molecule has 3 aromatic carbocycles. The largest absolute Gasteiger partial charge is 0.496 e. The predicted molar refractivity (Wildman–Crippen MR) is 149 cm³/mol. The highest BCUT2D eigenvalue weighted by Gasteiger charge is 2.26. The van der Waals surface area contributed by atoms with Gasteiger partial charge < -0.3 is 9.64 Å². The molecule has 0 bridgehead atoms. The van der Waals surface area contributed by atoms with E-state index in [0.29, 0.717) is 44.2 Å². The van der Waals surface area contributed by atoms with E-state index in [0.717, 1.165) is 30.6 Å². The van der Waals surface area contributed by atoms with Crippen molar-refractivity contribution in [2.45, 2.75) is 24.2 Å². The van der Waals surface area contributed by atoms with Crippen molar-refractivity contribution in [3.8, 4) is 5.75 Å². The molecule has 190 valence electrons. The molecule has 0 aromatic heterocycles. The Bertz CT molecular complexity index is 1370. The lowest BCUT2D eigenvalue weighted by atomic mass is 9.90. The fourth-order valence-electron chi connectivity index (χ4n) is 4.39. The van der Waals surface area contributed by atoms with Crippen LogP contribution in [0.3, 0.4) is 0 Å². The second-order valence-corrected chi connectivity index (χ2v) is 12.5. The van der Waals surface area contributed by atoms with Gasteiger partial charge in [-0.1, -0.05) is 27.5 Å². The minimum absolute atomic E-state index is 0.0677. The summed E-state index contributed by atoms with van der Waals surface area (Å²) in [4.78, 5) is 15.2. The summed E-state index contributed by atoms with van der Waals surface area (Å²) < 4.78 is 34.8. The van der Waals surface area contributed by atoms with E-state index in [4.69, 9.17) is 16.3 Å². The van der Waals surface area contributed by atoms with Crippen molar-refractivity contribution in [3.63, 3.8) is 0 Å². The van der Waals surface area contributed by atoms with E-state index < -0.39 is 10.0 Å². The first-order valence-corrected chi connectivity index (χ1v) is 14.8. The summed E-state index contributed by atoms with van der Waals surface area (Å²) in [6.07, 6.45) is 2.71. The van der Waals surface area contributed by atoms with Crippen molar-refractivity contribution in [3.05, 3.63) is 85.8 Å². The predicted octanol–water partition coefficient (Wildman–Crippen LogP) is 6.77. The van der Waals surface area contributed by atoms with Crippen molar-refractivity contribution in [1.29, 1.82) is 0 Å². The van der Waals surface area contributed by atoms with Gasteiger partial charge in [0.1, 0.15) is 10.6 Å². The number of nitrogens with one attached hydrogen (secondary N) is 1. The third-order valence-electron chi connectivity index (χ3n) is 6.12. The molecule has 4 rings (SSSR count). The second kappa shape index (κ2) is 11.5. The van der Waals surface area contributed by atoms with Crippen LogP contribution >= 0.6 is 43.5 Å². The molecule has 1 aliphatic rings. The summed E-state index contributed by atoms with van der Waals surface area (Å²) in [5.41, 5.74) is 1.93. The third-order valence-corrected chi connectivity index (χ3v) is 9.23. The van der Waals surface area contributed by atoms with E-state index in [1.165, 1.54) is 6.07 Å². The lowest BCUT2D eigenvalue weighted by molar-refractivity contribution is 0.0673. The smallest absolute Gasteiger partial charge is 0.263 e. The highest BCUT2D eigenvalue weighted by atomic mass is 79.9.